The Morgan fingerprint density at radius 2 is 2.05 bits per heavy atom. The van der Waals surface area contributed by atoms with Crippen molar-refractivity contribution in [2.45, 2.75) is 20.0 Å². The lowest BCUT2D eigenvalue weighted by molar-refractivity contribution is 0.333. The standard InChI is InChI=1S/C16H17BN2O3/c1-17-16-9-14(6-5-13(16)11-22-17)19(18-20)10-12-3-7-15(21-2)8-4-12/h3-9H,10-11H2,1-2H3. The van der Waals surface area contributed by atoms with Gasteiger partial charge in [-0.25, -0.2) is 5.01 Å². The second-order valence-corrected chi connectivity index (χ2v) is 5.32. The quantitative estimate of drug-likeness (QED) is 0.483. The van der Waals surface area contributed by atoms with E-state index in [0.717, 1.165) is 22.5 Å². The van der Waals surface area contributed by atoms with Crippen LogP contribution in [0, 0.1) is 4.91 Å². The second-order valence-electron chi connectivity index (χ2n) is 5.32. The number of hydrogen-bond donors (Lipinski definition) is 0. The summed E-state index contributed by atoms with van der Waals surface area (Å²) in [4.78, 5) is 11.2. The fraction of sp³-hybridized carbons (Fsp3) is 0.250. The minimum atomic E-state index is 0.0597. The number of methoxy groups -OCH3 is 1. The maximum absolute atomic E-state index is 11.2. The van der Waals surface area contributed by atoms with Gasteiger partial charge in [0.1, 0.15) is 5.75 Å². The molecule has 1 heterocycles. The number of fused-ring (bicyclic) bond motifs is 1. The van der Waals surface area contributed by atoms with E-state index in [2.05, 4.69) is 5.29 Å². The maximum Gasteiger partial charge on any atom is 0.324 e. The van der Waals surface area contributed by atoms with Gasteiger partial charge in [-0.2, -0.15) is 0 Å². The fourth-order valence-corrected chi connectivity index (χ4v) is 2.63. The maximum atomic E-state index is 11.2. The van der Waals surface area contributed by atoms with Crippen LogP contribution in [0.4, 0.5) is 5.69 Å². The van der Waals surface area contributed by atoms with Gasteiger partial charge in [0.15, 0.2) is 0 Å². The van der Waals surface area contributed by atoms with Gasteiger partial charge in [0.2, 0.25) is 0 Å². The normalized spacial score (nSPS) is 12.9. The molecule has 0 spiro atoms. The third-order valence-electron chi connectivity index (χ3n) is 3.94. The number of nitrogens with zero attached hydrogens (tertiary/aromatic N) is 2. The predicted octanol–water partition coefficient (Wildman–Crippen LogP) is 2.74. The zero-order valence-electron chi connectivity index (χ0n) is 12.7. The Morgan fingerprint density at radius 1 is 1.27 bits per heavy atom. The van der Waals surface area contributed by atoms with Crippen LogP contribution in [0.3, 0.4) is 0 Å². The summed E-state index contributed by atoms with van der Waals surface area (Å²) < 4.78 is 10.7. The Morgan fingerprint density at radius 3 is 2.73 bits per heavy atom. The van der Waals surface area contributed by atoms with Crippen molar-refractivity contribution >= 4 is 18.1 Å². The van der Waals surface area contributed by atoms with Crippen molar-refractivity contribution in [1.29, 1.82) is 0 Å². The number of benzene rings is 2. The topological polar surface area (TPSA) is 51.1 Å². The molecule has 0 radical (unpaired) electrons. The monoisotopic (exact) mass is 296 g/mol. The van der Waals surface area contributed by atoms with Crippen molar-refractivity contribution in [3.8, 4) is 5.75 Å². The van der Waals surface area contributed by atoms with E-state index in [1.807, 2.05) is 49.3 Å². The van der Waals surface area contributed by atoms with Crippen molar-refractivity contribution in [3.63, 3.8) is 0 Å². The lowest BCUT2D eigenvalue weighted by Gasteiger charge is -2.17. The van der Waals surface area contributed by atoms with Crippen LogP contribution in [-0.2, 0) is 17.8 Å². The number of anilines is 1. The molecule has 112 valence electrons. The van der Waals surface area contributed by atoms with Crippen LogP contribution >= 0.6 is 0 Å². The van der Waals surface area contributed by atoms with Gasteiger partial charge in [0.05, 0.1) is 31.2 Å². The molecule has 5 nitrogen and oxygen atoms in total. The number of nitroso groups, excluding NO2 is 1. The zero-order valence-corrected chi connectivity index (χ0v) is 12.7. The Labute approximate surface area is 129 Å². The molecule has 22 heavy (non-hydrogen) atoms. The third-order valence-corrected chi connectivity index (χ3v) is 3.94. The molecule has 0 unspecified atom stereocenters. The summed E-state index contributed by atoms with van der Waals surface area (Å²) in [6.45, 7) is 3.12. The van der Waals surface area contributed by atoms with Crippen LogP contribution in [0.15, 0.2) is 47.8 Å². The van der Waals surface area contributed by atoms with Gasteiger partial charge in [-0.3, -0.25) is 0 Å². The van der Waals surface area contributed by atoms with Crippen molar-refractivity contribution in [1.82, 2.24) is 0 Å². The molecular formula is C16H17BN2O3. The van der Waals surface area contributed by atoms with E-state index in [0.29, 0.717) is 13.2 Å². The van der Waals surface area contributed by atoms with Crippen molar-refractivity contribution in [2.24, 2.45) is 5.29 Å². The molecule has 1 aliphatic heterocycles. The molecule has 0 bridgehead atoms. The summed E-state index contributed by atoms with van der Waals surface area (Å²) in [5.74, 6) is 0.790. The molecule has 0 saturated carbocycles. The number of rotatable bonds is 5. The highest BCUT2D eigenvalue weighted by atomic mass is 16.5. The largest absolute Gasteiger partial charge is 0.497 e. The van der Waals surface area contributed by atoms with E-state index < -0.39 is 0 Å². The van der Waals surface area contributed by atoms with Gasteiger partial charge in [0, 0.05) is 0 Å². The van der Waals surface area contributed by atoms with Gasteiger partial charge in [-0.05, 0) is 40.9 Å². The van der Waals surface area contributed by atoms with E-state index >= 15 is 0 Å². The molecule has 3 rings (SSSR count). The molecule has 1 aliphatic rings. The third kappa shape index (κ3) is 2.83. The summed E-state index contributed by atoms with van der Waals surface area (Å²) in [5, 5.41) is 4.61. The van der Waals surface area contributed by atoms with Gasteiger partial charge in [-0.1, -0.05) is 25.0 Å². The molecule has 0 aliphatic carbocycles. The van der Waals surface area contributed by atoms with E-state index in [-0.39, 0.29) is 6.92 Å². The van der Waals surface area contributed by atoms with Crippen molar-refractivity contribution < 1.29 is 9.39 Å². The first kappa shape index (κ1) is 14.6. The second kappa shape index (κ2) is 6.19. The van der Waals surface area contributed by atoms with Crippen molar-refractivity contribution in [2.75, 3.05) is 12.1 Å². The van der Waals surface area contributed by atoms with Crippen LogP contribution < -0.4 is 15.2 Å². The average molecular weight is 296 g/mol. The smallest absolute Gasteiger partial charge is 0.324 e. The molecule has 0 saturated heterocycles. The molecular weight excluding hydrogens is 279 g/mol. The lowest BCUT2D eigenvalue weighted by atomic mass is 9.64. The van der Waals surface area contributed by atoms with Crippen LogP contribution in [0.5, 0.6) is 5.75 Å². The lowest BCUT2D eigenvalue weighted by Crippen LogP contribution is -2.26. The first-order valence-electron chi connectivity index (χ1n) is 7.19. The highest BCUT2D eigenvalue weighted by Crippen LogP contribution is 2.22. The summed E-state index contributed by atoms with van der Waals surface area (Å²) in [6.07, 6.45) is 0. The summed E-state index contributed by atoms with van der Waals surface area (Å²) in [6, 6.07) is 13.5. The van der Waals surface area contributed by atoms with Crippen LogP contribution in [0.2, 0.25) is 6.82 Å². The highest BCUT2D eigenvalue weighted by Gasteiger charge is 2.24. The Hall–Kier alpha value is -2.34. The van der Waals surface area contributed by atoms with Gasteiger partial charge in [-0.15, -0.1) is 4.91 Å². The Bertz CT molecular complexity index is 676. The molecule has 2 aromatic rings. The van der Waals surface area contributed by atoms with Gasteiger partial charge < -0.3 is 9.39 Å². The predicted molar refractivity (Wildman–Crippen MR) is 87.5 cm³/mol. The Kier molecular flexibility index (Phi) is 4.11. The summed E-state index contributed by atoms with van der Waals surface area (Å²) >= 11 is 0. The first-order valence-corrected chi connectivity index (χ1v) is 7.19. The fourth-order valence-electron chi connectivity index (χ4n) is 2.63. The van der Waals surface area contributed by atoms with Gasteiger partial charge >= 0.3 is 6.92 Å². The summed E-state index contributed by atoms with van der Waals surface area (Å²) in [7, 11) is 1.63. The number of hydrogen-bond acceptors (Lipinski definition) is 4. The van der Waals surface area contributed by atoms with Crippen LogP contribution in [0.1, 0.15) is 11.1 Å². The van der Waals surface area contributed by atoms with Gasteiger partial charge in [0.25, 0.3) is 0 Å². The van der Waals surface area contributed by atoms with Crippen molar-refractivity contribution in [3.05, 3.63) is 58.5 Å². The molecule has 0 amide bonds. The van der Waals surface area contributed by atoms with Crippen LogP contribution in [-0.4, -0.2) is 14.0 Å². The molecule has 0 N–H and O–H groups in total. The van der Waals surface area contributed by atoms with E-state index in [1.54, 1.807) is 7.11 Å². The SMILES string of the molecule is COc1ccc(CN(N=O)c2ccc3c(c2)B(C)OC3)cc1. The summed E-state index contributed by atoms with van der Waals surface area (Å²) in [5.41, 5.74) is 4.07. The Balaban J connectivity index is 1.81. The molecule has 0 atom stereocenters. The molecule has 2 aromatic carbocycles. The average Bonchev–Trinajstić information content (AvgIpc) is 2.94. The molecule has 0 aromatic heterocycles. The zero-order chi connectivity index (χ0) is 15.5. The van der Waals surface area contributed by atoms with E-state index in [9.17, 15) is 4.91 Å². The highest BCUT2D eigenvalue weighted by molar-refractivity contribution is 6.67. The molecule has 6 heteroatoms. The van der Waals surface area contributed by atoms with E-state index in [4.69, 9.17) is 9.39 Å². The first-order chi connectivity index (χ1) is 10.7. The number of ether oxygens (including phenoxy) is 1. The van der Waals surface area contributed by atoms with Crippen LogP contribution in [0.25, 0.3) is 0 Å². The minimum Gasteiger partial charge on any atom is -0.497 e. The van der Waals surface area contributed by atoms with E-state index in [1.165, 1.54) is 10.6 Å². The minimum absolute atomic E-state index is 0.0597. The molecule has 0 fully saturated rings.